The molecular weight excluding hydrogens is 293 g/mol. The SMILES string of the molecule is C=CC(OC(=O)c1ccccc1)c1ccc(C(F)(F)F)cc1. The van der Waals surface area contributed by atoms with Crippen LogP contribution in [0, 0.1) is 0 Å². The van der Waals surface area contributed by atoms with Gasteiger partial charge in [-0.2, -0.15) is 13.2 Å². The van der Waals surface area contributed by atoms with E-state index in [1.54, 1.807) is 30.3 Å². The number of carbonyl (C=O) groups is 1. The Labute approximate surface area is 125 Å². The monoisotopic (exact) mass is 306 g/mol. The van der Waals surface area contributed by atoms with Crippen LogP contribution in [-0.4, -0.2) is 5.97 Å². The zero-order valence-corrected chi connectivity index (χ0v) is 11.5. The zero-order chi connectivity index (χ0) is 16.2. The number of esters is 1. The second-order valence-corrected chi connectivity index (χ2v) is 4.55. The van der Waals surface area contributed by atoms with E-state index in [1.165, 1.54) is 18.2 Å². The normalized spacial score (nSPS) is 12.5. The fourth-order valence-corrected chi connectivity index (χ4v) is 1.87. The fraction of sp³-hybridized carbons (Fsp3) is 0.118. The third-order valence-corrected chi connectivity index (χ3v) is 3.02. The summed E-state index contributed by atoms with van der Waals surface area (Å²) in [5.41, 5.74) is 0.0296. The average molecular weight is 306 g/mol. The van der Waals surface area contributed by atoms with Gasteiger partial charge in [-0.1, -0.05) is 36.9 Å². The summed E-state index contributed by atoms with van der Waals surface area (Å²) in [4.78, 5) is 12.0. The molecular formula is C17H13F3O2. The van der Waals surface area contributed by atoms with Gasteiger partial charge in [0, 0.05) is 0 Å². The summed E-state index contributed by atoms with van der Waals surface area (Å²) in [6.45, 7) is 3.56. The highest BCUT2D eigenvalue weighted by molar-refractivity contribution is 5.89. The van der Waals surface area contributed by atoms with E-state index in [4.69, 9.17) is 4.74 Å². The molecule has 0 spiro atoms. The first kappa shape index (κ1) is 15.8. The molecule has 0 aliphatic carbocycles. The third-order valence-electron chi connectivity index (χ3n) is 3.02. The van der Waals surface area contributed by atoms with E-state index in [0.717, 1.165) is 12.1 Å². The highest BCUT2D eigenvalue weighted by Gasteiger charge is 2.30. The van der Waals surface area contributed by atoms with Crippen LogP contribution >= 0.6 is 0 Å². The highest BCUT2D eigenvalue weighted by Crippen LogP contribution is 2.30. The number of halogens is 3. The number of hydrogen-bond acceptors (Lipinski definition) is 2. The summed E-state index contributed by atoms with van der Waals surface area (Å²) in [6.07, 6.45) is -3.85. The first-order valence-electron chi connectivity index (χ1n) is 6.47. The summed E-state index contributed by atoms with van der Waals surface area (Å²) in [5.74, 6) is -0.564. The highest BCUT2D eigenvalue weighted by atomic mass is 19.4. The first-order valence-corrected chi connectivity index (χ1v) is 6.47. The van der Waals surface area contributed by atoms with Crippen LogP contribution < -0.4 is 0 Å². The van der Waals surface area contributed by atoms with Gasteiger partial charge in [0.1, 0.15) is 6.10 Å². The molecule has 0 amide bonds. The molecule has 2 nitrogen and oxygen atoms in total. The molecule has 2 aromatic rings. The number of benzene rings is 2. The number of carbonyl (C=O) groups excluding carboxylic acids is 1. The molecule has 0 aromatic heterocycles. The van der Waals surface area contributed by atoms with E-state index in [2.05, 4.69) is 6.58 Å². The first-order chi connectivity index (χ1) is 10.4. The number of ether oxygens (including phenoxy) is 1. The molecule has 1 atom stereocenters. The molecule has 2 aromatic carbocycles. The second-order valence-electron chi connectivity index (χ2n) is 4.55. The van der Waals surface area contributed by atoms with Gasteiger partial charge in [-0.3, -0.25) is 0 Å². The van der Waals surface area contributed by atoms with Crippen molar-refractivity contribution < 1.29 is 22.7 Å². The van der Waals surface area contributed by atoms with Crippen molar-refractivity contribution in [2.45, 2.75) is 12.3 Å². The topological polar surface area (TPSA) is 26.3 Å². The maximum atomic E-state index is 12.5. The van der Waals surface area contributed by atoms with E-state index in [9.17, 15) is 18.0 Å². The van der Waals surface area contributed by atoms with Gasteiger partial charge in [0.15, 0.2) is 0 Å². The van der Waals surface area contributed by atoms with Crippen molar-refractivity contribution in [1.29, 1.82) is 0 Å². The van der Waals surface area contributed by atoms with Crippen molar-refractivity contribution in [2.24, 2.45) is 0 Å². The molecule has 0 aliphatic rings. The van der Waals surface area contributed by atoms with E-state index in [1.807, 2.05) is 0 Å². The summed E-state index contributed by atoms with van der Waals surface area (Å²) in [7, 11) is 0. The van der Waals surface area contributed by atoms with Crippen LogP contribution in [0.3, 0.4) is 0 Å². The lowest BCUT2D eigenvalue weighted by Crippen LogP contribution is -2.10. The van der Waals surface area contributed by atoms with E-state index in [-0.39, 0.29) is 0 Å². The molecule has 2 rings (SSSR count). The molecule has 5 heteroatoms. The predicted molar refractivity (Wildman–Crippen MR) is 76.2 cm³/mol. The van der Waals surface area contributed by atoms with Gasteiger partial charge >= 0.3 is 12.1 Å². The summed E-state index contributed by atoms with van der Waals surface area (Å²) >= 11 is 0. The molecule has 0 N–H and O–H groups in total. The largest absolute Gasteiger partial charge is 0.450 e. The maximum absolute atomic E-state index is 12.5. The van der Waals surface area contributed by atoms with Gasteiger partial charge in [-0.25, -0.2) is 4.79 Å². The zero-order valence-electron chi connectivity index (χ0n) is 11.5. The van der Waals surface area contributed by atoms with Crippen molar-refractivity contribution >= 4 is 5.97 Å². The molecule has 0 saturated carbocycles. The molecule has 0 saturated heterocycles. The Morgan fingerprint density at radius 2 is 1.64 bits per heavy atom. The van der Waals surface area contributed by atoms with E-state index < -0.39 is 23.8 Å². The Balaban J connectivity index is 2.15. The van der Waals surface area contributed by atoms with Gasteiger partial charge in [0.25, 0.3) is 0 Å². The number of hydrogen-bond donors (Lipinski definition) is 0. The second kappa shape index (κ2) is 6.47. The number of alkyl halides is 3. The smallest absolute Gasteiger partial charge is 0.416 e. The van der Waals surface area contributed by atoms with E-state index in [0.29, 0.717) is 11.1 Å². The number of rotatable bonds is 4. The molecule has 0 aliphatic heterocycles. The van der Waals surface area contributed by atoms with Crippen LogP contribution in [0.4, 0.5) is 13.2 Å². The standard InChI is InChI=1S/C17H13F3O2/c1-2-15(22-16(21)13-6-4-3-5-7-13)12-8-10-14(11-9-12)17(18,19)20/h2-11,15H,1H2. The van der Waals surface area contributed by atoms with E-state index >= 15 is 0 Å². The molecule has 114 valence electrons. The van der Waals surface area contributed by atoms with Gasteiger partial charge < -0.3 is 4.74 Å². The Morgan fingerprint density at radius 1 is 1.05 bits per heavy atom. The lowest BCUT2D eigenvalue weighted by atomic mass is 10.1. The Bertz CT molecular complexity index is 646. The van der Waals surface area contributed by atoms with Crippen LogP contribution in [0.25, 0.3) is 0 Å². The Morgan fingerprint density at radius 3 is 2.14 bits per heavy atom. The minimum Gasteiger partial charge on any atom is -0.450 e. The molecule has 22 heavy (non-hydrogen) atoms. The van der Waals surface area contributed by atoms with Crippen molar-refractivity contribution in [1.82, 2.24) is 0 Å². The van der Waals surface area contributed by atoms with Crippen LogP contribution in [-0.2, 0) is 10.9 Å². The average Bonchev–Trinajstić information content (AvgIpc) is 2.52. The molecule has 0 radical (unpaired) electrons. The van der Waals surface area contributed by atoms with Crippen LogP contribution in [0.15, 0.2) is 67.3 Å². The summed E-state index contributed by atoms with van der Waals surface area (Å²) in [5, 5.41) is 0. The van der Waals surface area contributed by atoms with Crippen LogP contribution in [0.2, 0.25) is 0 Å². The van der Waals surface area contributed by atoms with Gasteiger partial charge in [0.05, 0.1) is 11.1 Å². The minimum absolute atomic E-state index is 0.362. The Hall–Kier alpha value is -2.56. The van der Waals surface area contributed by atoms with Crippen molar-refractivity contribution in [2.75, 3.05) is 0 Å². The van der Waals surface area contributed by atoms with Gasteiger partial charge in [-0.15, -0.1) is 0 Å². The minimum atomic E-state index is -4.40. The predicted octanol–water partition coefficient (Wildman–Crippen LogP) is 4.79. The van der Waals surface area contributed by atoms with Crippen molar-refractivity contribution in [3.63, 3.8) is 0 Å². The third kappa shape index (κ3) is 3.75. The lowest BCUT2D eigenvalue weighted by molar-refractivity contribution is -0.137. The quantitative estimate of drug-likeness (QED) is 0.599. The van der Waals surface area contributed by atoms with Crippen LogP contribution in [0.1, 0.15) is 27.6 Å². The molecule has 0 fully saturated rings. The summed E-state index contributed by atoms with van der Waals surface area (Å²) < 4.78 is 42.8. The van der Waals surface area contributed by atoms with Crippen molar-refractivity contribution in [3.05, 3.63) is 83.9 Å². The molecule has 0 bridgehead atoms. The van der Waals surface area contributed by atoms with Crippen molar-refractivity contribution in [3.8, 4) is 0 Å². The lowest BCUT2D eigenvalue weighted by Gasteiger charge is -2.15. The molecule has 1 unspecified atom stereocenters. The van der Waals surface area contributed by atoms with Gasteiger partial charge in [0.2, 0.25) is 0 Å². The van der Waals surface area contributed by atoms with Crippen LogP contribution in [0.5, 0.6) is 0 Å². The summed E-state index contributed by atoms with van der Waals surface area (Å²) in [6, 6.07) is 12.8. The molecule has 0 heterocycles. The Kier molecular flexibility index (Phi) is 4.65. The fourth-order valence-electron chi connectivity index (χ4n) is 1.87. The maximum Gasteiger partial charge on any atom is 0.416 e. The van der Waals surface area contributed by atoms with Gasteiger partial charge in [-0.05, 0) is 35.9 Å².